The largest absolute Gasteiger partial charge is 1.00 e. The average molecular weight is 480 g/mol. The number of aryl methyl sites for hydroxylation is 2. The zero-order valence-corrected chi connectivity index (χ0v) is 22.8. The summed E-state index contributed by atoms with van der Waals surface area (Å²) in [5.74, 6) is -0.537. The summed E-state index contributed by atoms with van der Waals surface area (Å²) in [6.07, 6.45) is 0. The summed E-state index contributed by atoms with van der Waals surface area (Å²) < 4.78 is 67.6. The molecule has 1 N–H and O–H groups in total. The van der Waals surface area contributed by atoms with Crippen LogP contribution >= 0.6 is 0 Å². The Kier molecular flexibility index (Phi) is 9.44. The second-order valence-electron chi connectivity index (χ2n) is 6.30. The van der Waals surface area contributed by atoms with Crippen molar-refractivity contribution in [2.45, 2.75) is 23.6 Å². The molecule has 0 heterocycles. The van der Waals surface area contributed by atoms with Gasteiger partial charge in [-0.25, -0.2) is 8.42 Å². The Morgan fingerprint density at radius 3 is 1.94 bits per heavy atom. The van der Waals surface area contributed by atoms with E-state index in [0.29, 0.717) is 5.56 Å². The number of fused-ring (bicyclic) bond motifs is 1. The minimum atomic E-state index is -4.77. The molecule has 9 nitrogen and oxygen atoms in total. The summed E-state index contributed by atoms with van der Waals surface area (Å²) in [4.78, 5) is -1.09. The second kappa shape index (κ2) is 10.4. The molecular weight excluding hydrogens is 466 g/mol. The first-order valence-electron chi connectivity index (χ1n) is 8.08. The van der Waals surface area contributed by atoms with Crippen LogP contribution in [0.15, 0.2) is 62.5 Å². The van der Waals surface area contributed by atoms with Crippen molar-refractivity contribution < 1.29 is 90.2 Å². The van der Waals surface area contributed by atoms with Crippen LogP contribution < -0.4 is 64.2 Å². The molecule has 3 rings (SSSR count). The minimum Gasteiger partial charge on any atom is -0.872 e. The van der Waals surface area contributed by atoms with E-state index < -0.39 is 41.5 Å². The number of hydrogen-bond donors (Lipinski definition) is 1. The third-order valence-electron chi connectivity index (χ3n) is 4.22. The maximum Gasteiger partial charge on any atom is 1.00 e. The number of rotatable bonds is 4. The molecule has 0 spiro atoms. The van der Waals surface area contributed by atoms with Crippen LogP contribution in [0.3, 0.4) is 0 Å². The van der Waals surface area contributed by atoms with Gasteiger partial charge in [-0.05, 0) is 42.5 Å². The topological polar surface area (TPSA) is 159 Å². The van der Waals surface area contributed by atoms with Gasteiger partial charge in [-0.3, -0.25) is 4.55 Å². The first-order valence-corrected chi connectivity index (χ1v) is 10.9. The molecule has 3 aromatic rings. The molecule has 0 saturated heterocycles. The van der Waals surface area contributed by atoms with Crippen molar-refractivity contribution >= 4 is 42.4 Å². The van der Waals surface area contributed by atoms with Gasteiger partial charge < -0.3 is 9.66 Å². The average Bonchev–Trinajstić information content (AvgIpc) is 2.58. The van der Waals surface area contributed by atoms with Crippen LogP contribution in [0.5, 0.6) is 5.75 Å². The summed E-state index contributed by atoms with van der Waals surface area (Å²) in [6, 6.07) is 9.13. The molecule has 0 unspecified atom stereocenters. The quantitative estimate of drug-likeness (QED) is 0.238. The SMILES string of the molecule is Cc1cc(C)c(S(=O)(=O)[O-])cc1N=Nc1cc([O-])c2ccccc2c1S(=O)(=O)O.[Na+].[Na+]. The second-order valence-corrected chi connectivity index (χ2v) is 9.01. The zero-order valence-electron chi connectivity index (χ0n) is 17.1. The van der Waals surface area contributed by atoms with Crippen LogP contribution in [0, 0.1) is 13.8 Å². The number of nitrogens with zero attached hydrogens (tertiary/aromatic N) is 2. The molecule has 31 heavy (non-hydrogen) atoms. The van der Waals surface area contributed by atoms with Gasteiger partial charge in [0.05, 0.1) is 10.6 Å². The minimum absolute atomic E-state index is 0. The van der Waals surface area contributed by atoms with Crippen molar-refractivity contribution in [3.63, 3.8) is 0 Å². The Morgan fingerprint density at radius 1 is 0.839 bits per heavy atom. The Hall–Kier alpha value is -0.860. The molecule has 0 aliphatic rings. The molecule has 3 aromatic carbocycles. The van der Waals surface area contributed by atoms with E-state index >= 15 is 0 Å². The molecule has 0 aliphatic heterocycles. The smallest absolute Gasteiger partial charge is 0.872 e. The van der Waals surface area contributed by atoms with E-state index in [1.165, 1.54) is 31.2 Å². The first kappa shape index (κ1) is 28.2. The van der Waals surface area contributed by atoms with E-state index in [0.717, 1.165) is 12.1 Å². The Bertz CT molecular complexity index is 1390. The van der Waals surface area contributed by atoms with E-state index in [1.54, 1.807) is 13.0 Å². The predicted molar refractivity (Wildman–Crippen MR) is 101 cm³/mol. The Morgan fingerprint density at radius 2 is 1.39 bits per heavy atom. The number of hydrogen-bond acceptors (Lipinski definition) is 8. The Labute approximate surface area is 223 Å². The summed E-state index contributed by atoms with van der Waals surface area (Å²) >= 11 is 0. The van der Waals surface area contributed by atoms with Gasteiger partial charge in [-0.1, -0.05) is 36.1 Å². The van der Waals surface area contributed by atoms with Crippen molar-refractivity contribution in [3.8, 4) is 5.75 Å². The molecule has 0 radical (unpaired) electrons. The fourth-order valence-corrected chi connectivity index (χ4v) is 4.48. The monoisotopic (exact) mass is 480 g/mol. The van der Waals surface area contributed by atoms with Gasteiger partial charge in [0.2, 0.25) is 0 Å². The fraction of sp³-hybridized carbons (Fsp3) is 0.111. The van der Waals surface area contributed by atoms with E-state index in [4.69, 9.17) is 0 Å². The van der Waals surface area contributed by atoms with Crippen molar-refractivity contribution in [1.82, 2.24) is 0 Å². The predicted octanol–water partition coefficient (Wildman–Crippen LogP) is -2.90. The van der Waals surface area contributed by atoms with E-state index in [1.807, 2.05) is 0 Å². The van der Waals surface area contributed by atoms with Crippen molar-refractivity contribution in [2.75, 3.05) is 0 Å². The van der Waals surface area contributed by atoms with Gasteiger partial charge in [0.15, 0.2) is 0 Å². The van der Waals surface area contributed by atoms with E-state index in [9.17, 15) is 31.0 Å². The molecule has 0 fully saturated rings. The molecular formula is C18H14N2Na2O7S2. The van der Waals surface area contributed by atoms with E-state index in [-0.39, 0.29) is 81.1 Å². The summed E-state index contributed by atoms with van der Waals surface area (Å²) in [6.45, 7) is 3.04. The summed E-state index contributed by atoms with van der Waals surface area (Å²) in [7, 11) is -9.53. The standard InChI is InChI=1S/C18H16N2O7S2.2Na/c1-10-7-11(2)17(28(22,23)24)9-14(10)19-20-15-8-16(21)12-5-3-4-6-13(12)18(15)29(25,26)27;;/h3-9,21H,1-2H3,(H,22,23,24)(H,25,26,27);;/q;2*+1/p-2. The fourth-order valence-electron chi connectivity index (χ4n) is 2.95. The van der Waals surface area contributed by atoms with Crippen LogP contribution in [0.25, 0.3) is 10.8 Å². The van der Waals surface area contributed by atoms with Crippen molar-refractivity contribution in [1.29, 1.82) is 0 Å². The van der Waals surface area contributed by atoms with Gasteiger partial charge in [0, 0.05) is 5.39 Å². The maximum atomic E-state index is 12.3. The molecule has 0 bridgehead atoms. The Balaban J connectivity index is 0.00000240. The van der Waals surface area contributed by atoms with Gasteiger partial charge in [0.1, 0.15) is 20.7 Å². The number of azo groups is 1. The zero-order chi connectivity index (χ0) is 21.6. The third kappa shape index (κ3) is 6.14. The van der Waals surface area contributed by atoms with Crippen LogP contribution in [0.2, 0.25) is 0 Å². The molecule has 0 aliphatic carbocycles. The van der Waals surface area contributed by atoms with Crippen LogP contribution in [-0.2, 0) is 20.2 Å². The van der Waals surface area contributed by atoms with Crippen molar-refractivity contribution in [2.24, 2.45) is 10.2 Å². The molecule has 0 aromatic heterocycles. The van der Waals surface area contributed by atoms with E-state index in [2.05, 4.69) is 10.2 Å². The van der Waals surface area contributed by atoms with Crippen LogP contribution in [-0.4, -0.2) is 25.9 Å². The van der Waals surface area contributed by atoms with Gasteiger partial charge >= 0.3 is 59.1 Å². The van der Waals surface area contributed by atoms with Gasteiger partial charge in [-0.2, -0.15) is 13.5 Å². The molecule has 0 atom stereocenters. The van der Waals surface area contributed by atoms with Crippen molar-refractivity contribution in [3.05, 3.63) is 53.6 Å². The first-order chi connectivity index (χ1) is 13.4. The van der Waals surface area contributed by atoms with Gasteiger partial charge in [-0.15, -0.1) is 5.11 Å². The molecule has 152 valence electrons. The van der Waals surface area contributed by atoms with Crippen LogP contribution in [0.1, 0.15) is 11.1 Å². The maximum absolute atomic E-state index is 12.3. The molecule has 0 saturated carbocycles. The van der Waals surface area contributed by atoms with Crippen LogP contribution in [0.4, 0.5) is 11.4 Å². The molecule has 0 amide bonds. The number of benzene rings is 3. The normalized spacial score (nSPS) is 11.9. The summed E-state index contributed by atoms with van der Waals surface area (Å²) in [5.41, 5.74) is 0.271. The van der Waals surface area contributed by atoms with Gasteiger partial charge in [0.25, 0.3) is 10.1 Å². The summed E-state index contributed by atoms with van der Waals surface area (Å²) in [5, 5.41) is 19.9. The molecule has 13 heteroatoms. The third-order valence-corrected chi connectivity index (χ3v) is 6.15.